The summed E-state index contributed by atoms with van der Waals surface area (Å²) in [6, 6.07) is 9.14. The number of phenols is 1. The maximum absolute atomic E-state index is 12.6. The van der Waals surface area contributed by atoms with Gasteiger partial charge in [-0.25, -0.2) is 0 Å². The Labute approximate surface area is 161 Å². The van der Waals surface area contributed by atoms with Crippen LogP contribution in [0.1, 0.15) is 5.56 Å². The summed E-state index contributed by atoms with van der Waals surface area (Å²) in [4.78, 5) is 13.7. The number of aromatic hydroxyl groups is 1. The van der Waals surface area contributed by atoms with E-state index >= 15 is 0 Å². The summed E-state index contributed by atoms with van der Waals surface area (Å²) in [5.74, 6) is -0.997. The van der Waals surface area contributed by atoms with Gasteiger partial charge >= 0.3 is 6.36 Å². The van der Waals surface area contributed by atoms with E-state index < -0.39 is 18.0 Å². The van der Waals surface area contributed by atoms with Crippen LogP contribution in [0.2, 0.25) is 5.02 Å². The van der Waals surface area contributed by atoms with Crippen molar-refractivity contribution < 1.29 is 27.8 Å². The topological polar surface area (TPSA) is 61.8 Å². The van der Waals surface area contributed by atoms with Gasteiger partial charge in [0, 0.05) is 0 Å². The van der Waals surface area contributed by atoms with Gasteiger partial charge < -0.3 is 15.2 Å². The van der Waals surface area contributed by atoms with E-state index in [1.165, 1.54) is 30.3 Å². The number of anilines is 1. The van der Waals surface area contributed by atoms with Crippen molar-refractivity contribution in [2.45, 2.75) is 6.36 Å². The summed E-state index contributed by atoms with van der Waals surface area (Å²) in [6.07, 6.45) is -3.32. The molecular formula is C17H10ClF3N2O3S. The normalized spacial score (nSPS) is 16.0. The number of ether oxygens (including phenoxy) is 1. The number of thiocarbonyl (C=S) groups is 1. The van der Waals surface area contributed by atoms with Crippen molar-refractivity contribution in [1.82, 2.24) is 5.32 Å². The van der Waals surface area contributed by atoms with E-state index in [2.05, 4.69) is 10.1 Å². The minimum Gasteiger partial charge on any atom is -0.506 e. The first-order valence-electron chi connectivity index (χ1n) is 7.35. The van der Waals surface area contributed by atoms with Crippen molar-refractivity contribution in [3.63, 3.8) is 0 Å². The van der Waals surface area contributed by atoms with Gasteiger partial charge in [-0.2, -0.15) is 0 Å². The molecule has 3 rings (SSSR count). The summed E-state index contributed by atoms with van der Waals surface area (Å²) in [6.45, 7) is 0. The molecule has 0 aliphatic carbocycles. The van der Waals surface area contributed by atoms with E-state index in [0.29, 0.717) is 5.56 Å². The average molecular weight is 415 g/mol. The number of nitrogens with zero attached hydrogens (tertiary/aromatic N) is 1. The Balaban J connectivity index is 1.83. The monoisotopic (exact) mass is 414 g/mol. The van der Waals surface area contributed by atoms with E-state index in [4.69, 9.17) is 23.8 Å². The van der Waals surface area contributed by atoms with Gasteiger partial charge in [-0.1, -0.05) is 17.7 Å². The maximum Gasteiger partial charge on any atom is 0.573 e. The Morgan fingerprint density at radius 3 is 2.44 bits per heavy atom. The van der Waals surface area contributed by atoms with Crippen LogP contribution in [0.25, 0.3) is 6.08 Å². The van der Waals surface area contributed by atoms with Crippen LogP contribution >= 0.6 is 23.8 Å². The Bertz CT molecular complexity index is 945. The zero-order chi connectivity index (χ0) is 19.8. The Kier molecular flexibility index (Phi) is 4.99. The van der Waals surface area contributed by atoms with Crippen LogP contribution in [0, 0.1) is 0 Å². The van der Waals surface area contributed by atoms with Crippen molar-refractivity contribution in [3.05, 3.63) is 58.7 Å². The highest BCUT2D eigenvalue weighted by atomic mass is 35.5. The number of phenolic OH excluding ortho intramolecular Hbond substituents is 1. The van der Waals surface area contributed by atoms with Gasteiger partial charge in [-0.15, -0.1) is 13.2 Å². The predicted octanol–water partition coefficient (Wildman–Crippen LogP) is 4.21. The molecule has 0 aromatic heterocycles. The van der Waals surface area contributed by atoms with Crippen molar-refractivity contribution in [1.29, 1.82) is 0 Å². The van der Waals surface area contributed by atoms with E-state index in [0.717, 1.165) is 17.0 Å². The van der Waals surface area contributed by atoms with Crippen LogP contribution < -0.4 is 15.0 Å². The predicted molar refractivity (Wildman–Crippen MR) is 97.4 cm³/mol. The molecule has 0 radical (unpaired) electrons. The van der Waals surface area contributed by atoms with Gasteiger partial charge in [0.1, 0.15) is 17.2 Å². The summed E-state index contributed by atoms with van der Waals surface area (Å²) < 4.78 is 40.5. The van der Waals surface area contributed by atoms with E-state index in [1.54, 1.807) is 6.07 Å². The number of benzene rings is 2. The first kappa shape index (κ1) is 19.0. The first-order chi connectivity index (χ1) is 12.6. The average Bonchev–Trinajstić information content (AvgIpc) is 2.84. The second-order valence-electron chi connectivity index (χ2n) is 5.38. The second-order valence-corrected chi connectivity index (χ2v) is 6.18. The molecule has 1 amide bonds. The molecule has 1 heterocycles. The fourth-order valence-corrected chi connectivity index (χ4v) is 2.83. The number of hydrogen-bond acceptors (Lipinski definition) is 4. The van der Waals surface area contributed by atoms with Crippen molar-refractivity contribution in [2.75, 3.05) is 4.90 Å². The molecule has 1 aliphatic rings. The highest BCUT2D eigenvalue weighted by molar-refractivity contribution is 7.80. The fourth-order valence-electron chi connectivity index (χ4n) is 2.35. The fraction of sp³-hybridized carbons (Fsp3) is 0.0588. The molecular weight excluding hydrogens is 405 g/mol. The minimum absolute atomic E-state index is 0.0700. The molecule has 2 N–H and O–H groups in total. The number of amides is 1. The van der Waals surface area contributed by atoms with Gasteiger partial charge in [-0.3, -0.25) is 9.69 Å². The van der Waals surface area contributed by atoms with Gasteiger partial charge in [0.15, 0.2) is 5.11 Å². The molecule has 0 spiro atoms. The van der Waals surface area contributed by atoms with Crippen LogP contribution in [-0.2, 0) is 4.79 Å². The summed E-state index contributed by atoms with van der Waals surface area (Å²) in [7, 11) is 0. The second kappa shape index (κ2) is 7.09. The molecule has 27 heavy (non-hydrogen) atoms. The lowest BCUT2D eigenvalue weighted by Crippen LogP contribution is -2.30. The molecule has 1 fully saturated rings. The Morgan fingerprint density at radius 2 is 1.85 bits per heavy atom. The van der Waals surface area contributed by atoms with Crippen LogP contribution in [0.4, 0.5) is 18.9 Å². The third kappa shape index (κ3) is 4.32. The molecule has 0 saturated carbocycles. The number of alkyl halides is 3. The number of halogens is 4. The molecule has 2 aromatic rings. The zero-order valence-corrected chi connectivity index (χ0v) is 14.8. The molecule has 140 valence electrons. The van der Waals surface area contributed by atoms with Crippen molar-refractivity contribution in [2.24, 2.45) is 0 Å². The molecule has 0 unspecified atom stereocenters. The lowest BCUT2D eigenvalue weighted by Gasteiger charge is -2.15. The number of hydrogen-bond donors (Lipinski definition) is 2. The first-order valence-corrected chi connectivity index (χ1v) is 8.14. The highest BCUT2D eigenvalue weighted by Gasteiger charge is 2.33. The van der Waals surface area contributed by atoms with Crippen molar-refractivity contribution in [3.8, 4) is 11.5 Å². The standard InChI is InChI=1S/C17H10ClF3N2O3S/c18-12-7-9(1-6-14(12)24)8-13-15(25)23(16(27)22-13)10-2-4-11(5-3-10)26-17(19,20)21/h1-8,24H,(H,22,27)/b13-8-. The van der Waals surface area contributed by atoms with Gasteiger partial charge in [0.25, 0.3) is 5.91 Å². The van der Waals surface area contributed by atoms with Crippen LogP contribution in [-0.4, -0.2) is 22.5 Å². The van der Waals surface area contributed by atoms with E-state index in [-0.39, 0.29) is 27.3 Å². The molecule has 1 saturated heterocycles. The molecule has 0 atom stereocenters. The number of nitrogens with one attached hydrogen (secondary N) is 1. The smallest absolute Gasteiger partial charge is 0.506 e. The maximum atomic E-state index is 12.6. The minimum atomic E-state index is -4.80. The summed E-state index contributed by atoms with van der Waals surface area (Å²) in [5.41, 5.74) is 0.976. The number of carbonyl (C=O) groups is 1. The van der Waals surface area contributed by atoms with Crippen LogP contribution in [0.15, 0.2) is 48.2 Å². The van der Waals surface area contributed by atoms with E-state index in [9.17, 15) is 23.1 Å². The van der Waals surface area contributed by atoms with Gasteiger partial charge in [0.2, 0.25) is 0 Å². The lowest BCUT2D eigenvalue weighted by atomic mass is 10.2. The SMILES string of the molecule is O=C1/C(=C/c2ccc(O)c(Cl)c2)NC(=S)N1c1ccc(OC(F)(F)F)cc1. The summed E-state index contributed by atoms with van der Waals surface area (Å²) >= 11 is 11.0. The Hall–Kier alpha value is -2.78. The van der Waals surface area contributed by atoms with Crippen molar-refractivity contribution >= 4 is 46.6 Å². The zero-order valence-electron chi connectivity index (χ0n) is 13.2. The number of carbonyl (C=O) groups excluding carboxylic acids is 1. The highest BCUT2D eigenvalue weighted by Crippen LogP contribution is 2.29. The molecule has 5 nitrogen and oxygen atoms in total. The Morgan fingerprint density at radius 1 is 1.19 bits per heavy atom. The number of rotatable bonds is 3. The van der Waals surface area contributed by atoms with Gasteiger partial charge in [0.05, 0.1) is 10.7 Å². The molecule has 10 heteroatoms. The molecule has 0 bridgehead atoms. The molecule has 2 aromatic carbocycles. The van der Waals surface area contributed by atoms with Gasteiger partial charge in [-0.05, 0) is 60.3 Å². The largest absolute Gasteiger partial charge is 0.573 e. The van der Waals surface area contributed by atoms with E-state index in [1.807, 2.05) is 0 Å². The third-order valence-electron chi connectivity index (χ3n) is 3.49. The van der Waals surface area contributed by atoms with Crippen LogP contribution in [0.5, 0.6) is 11.5 Å². The van der Waals surface area contributed by atoms with Crippen LogP contribution in [0.3, 0.4) is 0 Å². The third-order valence-corrected chi connectivity index (χ3v) is 4.08. The summed E-state index contributed by atoms with van der Waals surface area (Å²) in [5, 5.41) is 12.4. The lowest BCUT2D eigenvalue weighted by molar-refractivity contribution is -0.274. The molecule has 1 aliphatic heterocycles. The quantitative estimate of drug-likeness (QED) is 0.582.